The summed E-state index contributed by atoms with van der Waals surface area (Å²) in [6, 6.07) is 10.4. The first-order chi connectivity index (χ1) is 5.97. The van der Waals surface area contributed by atoms with E-state index in [0.717, 1.165) is 12.8 Å². The minimum absolute atomic E-state index is 0.274. The normalized spacial score (nSPS) is 21.8. The molecule has 0 saturated heterocycles. The number of benzene rings is 1. The molecular formula is C11H12O. The first-order valence-electron chi connectivity index (χ1n) is 4.32. The van der Waals surface area contributed by atoms with Crippen LogP contribution in [0.4, 0.5) is 0 Å². The number of hydrogen-bond acceptors (Lipinski definition) is 1. The average Bonchev–Trinajstić information content (AvgIpc) is 2.21. The van der Waals surface area contributed by atoms with Gasteiger partial charge >= 0.3 is 0 Å². The van der Waals surface area contributed by atoms with Gasteiger partial charge in [0.1, 0.15) is 6.10 Å². The zero-order valence-electron chi connectivity index (χ0n) is 6.94. The third-order valence-electron chi connectivity index (χ3n) is 2.11. The molecule has 1 aliphatic heterocycles. The van der Waals surface area contributed by atoms with Crippen molar-refractivity contribution in [2.75, 3.05) is 0 Å². The van der Waals surface area contributed by atoms with Crippen molar-refractivity contribution in [3.05, 3.63) is 48.2 Å². The third-order valence-corrected chi connectivity index (χ3v) is 2.11. The lowest BCUT2D eigenvalue weighted by Gasteiger charge is -2.19. The molecule has 0 radical (unpaired) electrons. The fourth-order valence-electron chi connectivity index (χ4n) is 1.45. The van der Waals surface area contributed by atoms with Crippen LogP contribution in [-0.4, -0.2) is 0 Å². The Kier molecular flexibility index (Phi) is 2.12. The van der Waals surface area contributed by atoms with Gasteiger partial charge in [0.25, 0.3) is 0 Å². The zero-order chi connectivity index (χ0) is 8.23. The highest BCUT2D eigenvalue weighted by molar-refractivity contribution is 5.18. The van der Waals surface area contributed by atoms with E-state index in [4.69, 9.17) is 4.74 Å². The number of allylic oxidation sites excluding steroid dienone is 1. The third kappa shape index (κ3) is 1.50. The zero-order valence-corrected chi connectivity index (χ0v) is 6.94. The number of hydrogen-bond donors (Lipinski definition) is 0. The van der Waals surface area contributed by atoms with Crippen LogP contribution in [-0.2, 0) is 4.74 Å². The molecule has 1 nitrogen and oxygen atoms in total. The number of ether oxygens (including phenoxy) is 1. The fourth-order valence-corrected chi connectivity index (χ4v) is 1.45. The second-order valence-corrected chi connectivity index (χ2v) is 2.98. The van der Waals surface area contributed by atoms with Gasteiger partial charge in [-0.25, -0.2) is 0 Å². The molecule has 0 amide bonds. The van der Waals surface area contributed by atoms with E-state index >= 15 is 0 Å². The lowest BCUT2D eigenvalue weighted by molar-refractivity contribution is 0.125. The summed E-state index contributed by atoms with van der Waals surface area (Å²) in [5.41, 5.74) is 1.28. The van der Waals surface area contributed by atoms with Crippen molar-refractivity contribution in [3.63, 3.8) is 0 Å². The molecule has 0 spiro atoms. The summed E-state index contributed by atoms with van der Waals surface area (Å²) >= 11 is 0. The van der Waals surface area contributed by atoms with Crippen LogP contribution in [0.1, 0.15) is 24.5 Å². The van der Waals surface area contributed by atoms with Crippen molar-refractivity contribution in [3.8, 4) is 0 Å². The van der Waals surface area contributed by atoms with Crippen molar-refractivity contribution >= 4 is 0 Å². The molecule has 1 aliphatic rings. The van der Waals surface area contributed by atoms with Gasteiger partial charge < -0.3 is 4.74 Å². The van der Waals surface area contributed by atoms with Crippen LogP contribution < -0.4 is 0 Å². The topological polar surface area (TPSA) is 9.23 Å². The Morgan fingerprint density at radius 3 is 2.67 bits per heavy atom. The van der Waals surface area contributed by atoms with Crippen LogP contribution in [0, 0.1) is 0 Å². The summed E-state index contributed by atoms with van der Waals surface area (Å²) in [5.74, 6) is 0. The van der Waals surface area contributed by atoms with Crippen molar-refractivity contribution in [1.29, 1.82) is 0 Å². The first-order valence-corrected chi connectivity index (χ1v) is 4.32. The van der Waals surface area contributed by atoms with Gasteiger partial charge in [0.15, 0.2) is 0 Å². The van der Waals surface area contributed by atoms with E-state index in [1.54, 1.807) is 6.26 Å². The molecule has 1 heteroatoms. The Hall–Kier alpha value is -1.24. The Morgan fingerprint density at radius 2 is 2.00 bits per heavy atom. The molecule has 1 aromatic rings. The second kappa shape index (κ2) is 3.44. The highest BCUT2D eigenvalue weighted by Crippen LogP contribution is 2.25. The van der Waals surface area contributed by atoms with Gasteiger partial charge in [-0.1, -0.05) is 30.3 Å². The van der Waals surface area contributed by atoms with Gasteiger partial charge in [0.2, 0.25) is 0 Å². The van der Waals surface area contributed by atoms with Gasteiger partial charge in [-0.15, -0.1) is 0 Å². The largest absolute Gasteiger partial charge is 0.494 e. The smallest absolute Gasteiger partial charge is 0.123 e. The molecule has 0 saturated carbocycles. The van der Waals surface area contributed by atoms with Gasteiger partial charge in [0.05, 0.1) is 6.26 Å². The molecule has 1 heterocycles. The minimum Gasteiger partial charge on any atom is -0.494 e. The van der Waals surface area contributed by atoms with Crippen LogP contribution in [0.15, 0.2) is 42.7 Å². The molecule has 1 aromatic carbocycles. The number of rotatable bonds is 1. The highest BCUT2D eigenvalue weighted by atomic mass is 16.5. The van der Waals surface area contributed by atoms with Crippen molar-refractivity contribution < 1.29 is 4.74 Å². The van der Waals surface area contributed by atoms with Crippen molar-refractivity contribution in [1.82, 2.24) is 0 Å². The maximum atomic E-state index is 5.48. The second-order valence-electron chi connectivity index (χ2n) is 2.98. The Balaban J connectivity index is 2.15. The summed E-state index contributed by atoms with van der Waals surface area (Å²) < 4.78 is 5.48. The summed E-state index contributed by atoms with van der Waals surface area (Å²) in [6.45, 7) is 0. The van der Waals surface area contributed by atoms with E-state index in [-0.39, 0.29) is 6.10 Å². The predicted octanol–water partition coefficient (Wildman–Crippen LogP) is 3.05. The molecular weight excluding hydrogens is 148 g/mol. The first kappa shape index (κ1) is 7.41. The molecule has 0 aromatic heterocycles. The Labute approximate surface area is 72.7 Å². The monoisotopic (exact) mass is 160 g/mol. The molecule has 0 unspecified atom stereocenters. The van der Waals surface area contributed by atoms with Crippen LogP contribution in [0.2, 0.25) is 0 Å². The molecule has 1 atom stereocenters. The van der Waals surface area contributed by atoms with E-state index in [9.17, 15) is 0 Å². The molecule has 12 heavy (non-hydrogen) atoms. The summed E-state index contributed by atoms with van der Waals surface area (Å²) in [7, 11) is 0. The summed E-state index contributed by atoms with van der Waals surface area (Å²) in [4.78, 5) is 0. The molecule has 0 aliphatic carbocycles. The lowest BCUT2D eigenvalue weighted by Crippen LogP contribution is -2.02. The molecule has 0 fully saturated rings. The van der Waals surface area contributed by atoms with Crippen LogP contribution in [0.3, 0.4) is 0 Å². The lowest BCUT2D eigenvalue weighted by atomic mass is 10.0. The standard InChI is InChI=1S/C11H12O/c1-2-6-10(7-3-1)11-8-4-5-9-12-11/h1-3,5-7,9,11H,4,8H2/t11-/m1/s1. The minimum atomic E-state index is 0.274. The average molecular weight is 160 g/mol. The molecule has 0 N–H and O–H groups in total. The maximum absolute atomic E-state index is 5.48. The summed E-state index contributed by atoms with van der Waals surface area (Å²) in [6.07, 6.45) is 6.37. The highest BCUT2D eigenvalue weighted by Gasteiger charge is 2.11. The fraction of sp³-hybridized carbons (Fsp3) is 0.273. The van der Waals surface area contributed by atoms with E-state index in [1.807, 2.05) is 6.07 Å². The predicted molar refractivity (Wildman–Crippen MR) is 48.6 cm³/mol. The summed E-state index contributed by atoms with van der Waals surface area (Å²) in [5, 5.41) is 0. The molecule has 2 rings (SSSR count). The van der Waals surface area contributed by atoms with E-state index < -0.39 is 0 Å². The van der Waals surface area contributed by atoms with Crippen LogP contribution in [0.5, 0.6) is 0 Å². The van der Waals surface area contributed by atoms with E-state index in [0.29, 0.717) is 0 Å². The van der Waals surface area contributed by atoms with Gasteiger partial charge in [-0.05, 0) is 24.5 Å². The van der Waals surface area contributed by atoms with Gasteiger partial charge in [-0.3, -0.25) is 0 Å². The van der Waals surface area contributed by atoms with E-state index in [1.165, 1.54) is 5.56 Å². The Bertz CT molecular complexity index is 264. The van der Waals surface area contributed by atoms with Crippen LogP contribution in [0.25, 0.3) is 0 Å². The van der Waals surface area contributed by atoms with E-state index in [2.05, 4.69) is 30.3 Å². The Morgan fingerprint density at radius 1 is 1.17 bits per heavy atom. The van der Waals surface area contributed by atoms with Crippen LogP contribution >= 0.6 is 0 Å². The van der Waals surface area contributed by atoms with Gasteiger partial charge in [0, 0.05) is 0 Å². The SMILES string of the molecule is C1=CO[C@@H](c2ccccc2)CC1. The van der Waals surface area contributed by atoms with Gasteiger partial charge in [-0.2, -0.15) is 0 Å². The quantitative estimate of drug-likeness (QED) is 0.613. The maximum Gasteiger partial charge on any atom is 0.123 e. The molecule has 0 bridgehead atoms. The molecule has 62 valence electrons. The van der Waals surface area contributed by atoms with Crippen molar-refractivity contribution in [2.24, 2.45) is 0 Å². The van der Waals surface area contributed by atoms with Crippen molar-refractivity contribution in [2.45, 2.75) is 18.9 Å².